The molecule has 1 atom stereocenters. The van der Waals surface area contributed by atoms with Crippen LogP contribution in [0.5, 0.6) is 0 Å². The third-order valence-electron chi connectivity index (χ3n) is 1.74. The van der Waals surface area contributed by atoms with Crippen LogP contribution in [0.25, 0.3) is 0 Å². The molecule has 13 heavy (non-hydrogen) atoms. The van der Waals surface area contributed by atoms with Gasteiger partial charge in [-0.25, -0.2) is 4.39 Å². The summed E-state index contributed by atoms with van der Waals surface area (Å²) in [6.07, 6.45) is 0. The smallest absolute Gasteiger partial charge is 0.179 e. The average Bonchev–Trinajstić information content (AvgIpc) is 2.15. The lowest BCUT2D eigenvalue weighted by Gasteiger charge is -2.08. The van der Waals surface area contributed by atoms with E-state index in [4.69, 9.17) is 4.11 Å². The second-order valence-corrected chi connectivity index (χ2v) is 2.74. The van der Waals surface area contributed by atoms with Gasteiger partial charge in [0.15, 0.2) is 5.78 Å². The lowest BCUT2D eigenvalue weighted by Crippen LogP contribution is -2.30. The average molecular weight is 185 g/mol. The minimum absolute atomic E-state index is 0.283. The molecule has 1 aromatic rings. The van der Waals surface area contributed by atoms with Crippen LogP contribution in [-0.4, -0.2) is 18.8 Å². The molecule has 0 heterocycles. The van der Waals surface area contributed by atoms with Crippen molar-refractivity contribution in [2.45, 2.75) is 13.0 Å². The summed E-state index contributed by atoms with van der Waals surface area (Å²) in [7, 11) is 0. The van der Waals surface area contributed by atoms with Gasteiger partial charge in [-0.05, 0) is 38.2 Å². The van der Waals surface area contributed by atoms with Gasteiger partial charge in [0.05, 0.1) is 6.04 Å². The number of likely N-dealkylation sites (N-methyl/N-ethyl adjacent to an activating group) is 1. The molecule has 0 saturated carbocycles. The highest BCUT2D eigenvalue weighted by atomic mass is 19.1. The van der Waals surface area contributed by atoms with Gasteiger partial charge in [0.1, 0.15) is 5.82 Å². The second kappa shape index (κ2) is 4.14. The number of carbonyl (C=O) groups excluding carboxylic acids is 1. The first-order valence-corrected chi connectivity index (χ1v) is 3.87. The summed E-state index contributed by atoms with van der Waals surface area (Å²) in [6.45, 7) is -0.910. The van der Waals surface area contributed by atoms with E-state index in [9.17, 15) is 9.18 Å². The number of halogens is 1. The number of carbonyl (C=O) groups is 1. The van der Waals surface area contributed by atoms with E-state index in [1.807, 2.05) is 0 Å². The lowest BCUT2D eigenvalue weighted by molar-refractivity contribution is 0.0955. The van der Waals surface area contributed by atoms with Crippen molar-refractivity contribution in [3.63, 3.8) is 0 Å². The van der Waals surface area contributed by atoms with Crippen LogP contribution in [0, 0.1) is 5.82 Å². The minimum Gasteiger partial charge on any atom is -0.310 e. The Bertz CT molecular complexity index is 375. The standard InChI is InChI=1S/C10H12FNO/c1-7(12-2)10(13)8-3-5-9(11)6-4-8/h3-7,12H,1-2H3/i2+1D3. The molecular formula is C10H12FNO. The fourth-order valence-corrected chi connectivity index (χ4v) is 0.930. The first kappa shape index (κ1) is 6.27. The fourth-order valence-electron chi connectivity index (χ4n) is 0.930. The minimum atomic E-state index is -2.37. The Morgan fingerprint density at radius 1 is 1.54 bits per heavy atom. The summed E-state index contributed by atoms with van der Waals surface area (Å²) in [6, 6.07) is 4.15. The molecule has 1 aromatic carbocycles. The molecule has 0 saturated heterocycles. The van der Waals surface area contributed by atoms with Crippen LogP contribution in [0.2, 0.25) is 0 Å². The third-order valence-corrected chi connectivity index (χ3v) is 1.74. The summed E-state index contributed by atoms with van der Waals surface area (Å²) < 4.78 is 33.5. The third kappa shape index (κ3) is 2.36. The van der Waals surface area contributed by atoms with Crippen LogP contribution in [0.1, 0.15) is 21.4 Å². The Morgan fingerprint density at radius 2 is 2.15 bits per heavy atom. The first-order chi connectivity index (χ1) is 7.29. The van der Waals surface area contributed by atoms with Crippen molar-refractivity contribution < 1.29 is 13.3 Å². The van der Waals surface area contributed by atoms with E-state index in [0.717, 1.165) is 12.1 Å². The SMILES string of the molecule is [2H][13C]([2H])([2H])NC(C)C(=O)c1ccc(F)cc1. The quantitative estimate of drug-likeness (QED) is 0.572. The van der Waals surface area contributed by atoms with Crippen molar-refractivity contribution in [3.8, 4) is 0 Å². The van der Waals surface area contributed by atoms with Gasteiger partial charge in [-0.3, -0.25) is 4.79 Å². The normalized spacial score (nSPS) is 16.9. The number of benzene rings is 1. The molecule has 0 aromatic heterocycles. The van der Waals surface area contributed by atoms with Gasteiger partial charge in [-0.1, -0.05) is 0 Å². The molecule has 0 aliphatic rings. The zero-order valence-corrected chi connectivity index (χ0v) is 7.17. The molecule has 0 bridgehead atoms. The van der Waals surface area contributed by atoms with Crippen molar-refractivity contribution in [2.75, 3.05) is 6.98 Å². The molecule has 0 radical (unpaired) electrons. The van der Waals surface area contributed by atoms with Crippen molar-refractivity contribution in [2.24, 2.45) is 0 Å². The zero-order chi connectivity index (χ0) is 12.3. The van der Waals surface area contributed by atoms with Crippen molar-refractivity contribution in [1.82, 2.24) is 5.32 Å². The Labute approximate surface area is 81.0 Å². The molecule has 0 amide bonds. The first-order valence-electron chi connectivity index (χ1n) is 5.37. The van der Waals surface area contributed by atoms with Crippen LogP contribution in [0.15, 0.2) is 24.3 Å². The largest absolute Gasteiger partial charge is 0.310 e. The number of nitrogens with one attached hydrogen (secondary N) is 1. The molecule has 0 aliphatic carbocycles. The Hall–Kier alpha value is -1.22. The van der Waals surface area contributed by atoms with E-state index in [1.165, 1.54) is 19.1 Å². The van der Waals surface area contributed by atoms with Crippen LogP contribution >= 0.6 is 0 Å². The summed E-state index contributed by atoms with van der Waals surface area (Å²) in [4.78, 5) is 11.7. The maximum Gasteiger partial charge on any atom is 0.179 e. The lowest BCUT2D eigenvalue weighted by atomic mass is 10.1. The van der Waals surface area contributed by atoms with Crippen molar-refractivity contribution >= 4 is 5.78 Å². The van der Waals surface area contributed by atoms with E-state index in [2.05, 4.69) is 5.32 Å². The van der Waals surface area contributed by atoms with Gasteiger partial charge in [0, 0.05) is 9.68 Å². The summed E-state index contributed by atoms with van der Waals surface area (Å²) in [5, 5.41) is 2.19. The van der Waals surface area contributed by atoms with Crippen LogP contribution < -0.4 is 5.32 Å². The maximum absolute atomic E-state index is 12.6. The molecule has 1 rings (SSSR count). The predicted octanol–water partition coefficient (Wildman–Crippen LogP) is 1.62. The second-order valence-electron chi connectivity index (χ2n) is 2.74. The van der Waals surface area contributed by atoms with Gasteiger partial charge in [-0.2, -0.15) is 0 Å². The number of rotatable bonds is 3. The van der Waals surface area contributed by atoms with Crippen LogP contribution in [0.4, 0.5) is 4.39 Å². The van der Waals surface area contributed by atoms with E-state index in [0.29, 0.717) is 0 Å². The Kier molecular flexibility index (Phi) is 2.00. The molecule has 70 valence electrons. The van der Waals surface area contributed by atoms with Gasteiger partial charge in [-0.15, -0.1) is 0 Å². The van der Waals surface area contributed by atoms with Gasteiger partial charge < -0.3 is 5.32 Å². The fraction of sp³-hybridized carbons (Fsp3) is 0.300. The van der Waals surface area contributed by atoms with E-state index < -0.39 is 18.8 Å². The number of hydrogen-bond donors (Lipinski definition) is 1. The monoisotopic (exact) mass is 185 g/mol. The van der Waals surface area contributed by atoms with Gasteiger partial charge in [0.2, 0.25) is 0 Å². The van der Waals surface area contributed by atoms with Crippen molar-refractivity contribution in [1.29, 1.82) is 0 Å². The molecule has 3 heteroatoms. The van der Waals surface area contributed by atoms with Crippen LogP contribution in [0.3, 0.4) is 0 Å². The number of Topliss-reactive ketones (excluding diaryl/α,β-unsaturated/α-hetero) is 1. The number of hydrogen-bond acceptors (Lipinski definition) is 2. The maximum atomic E-state index is 12.6. The summed E-state index contributed by atoms with van der Waals surface area (Å²) in [5.41, 5.74) is 0.283. The predicted molar refractivity (Wildman–Crippen MR) is 49.3 cm³/mol. The highest BCUT2D eigenvalue weighted by Gasteiger charge is 2.12. The molecule has 0 spiro atoms. The van der Waals surface area contributed by atoms with Gasteiger partial charge >= 0.3 is 0 Å². The highest BCUT2D eigenvalue weighted by Crippen LogP contribution is 2.05. The van der Waals surface area contributed by atoms with Crippen LogP contribution in [-0.2, 0) is 0 Å². The van der Waals surface area contributed by atoms with E-state index in [-0.39, 0.29) is 11.3 Å². The molecule has 0 aliphatic heterocycles. The molecule has 0 fully saturated rings. The molecule has 1 unspecified atom stereocenters. The highest BCUT2D eigenvalue weighted by molar-refractivity contribution is 5.99. The van der Waals surface area contributed by atoms with E-state index in [1.54, 1.807) is 0 Å². The summed E-state index contributed by atoms with van der Waals surface area (Å²) in [5.74, 6) is -0.816. The molecular weight excluding hydrogens is 170 g/mol. The zero-order valence-electron chi connectivity index (χ0n) is 10.2. The molecule has 1 N–H and O–H groups in total. The van der Waals surface area contributed by atoms with E-state index >= 15 is 0 Å². The topological polar surface area (TPSA) is 29.1 Å². The van der Waals surface area contributed by atoms with Gasteiger partial charge in [0.25, 0.3) is 0 Å². The Balaban J connectivity index is 2.74. The summed E-state index contributed by atoms with van der Waals surface area (Å²) >= 11 is 0. The van der Waals surface area contributed by atoms with Crippen molar-refractivity contribution in [3.05, 3.63) is 35.6 Å². The Morgan fingerprint density at radius 3 is 2.69 bits per heavy atom. The number of ketones is 1. The molecule has 2 nitrogen and oxygen atoms in total.